The Morgan fingerprint density at radius 1 is 1.12 bits per heavy atom. The second-order valence-electron chi connectivity index (χ2n) is 4.20. The second kappa shape index (κ2) is 5.86. The van der Waals surface area contributed by atoms with Gasteiger partial charge in [-0.2, -0.15) is 0 Å². The third kappa shape index (κ3) is 3.21. The van der Waals surface area contributed by atoms with Crippen LogP contribution in [0.25, 0.3) is 6.08 Å². The molecule has 0 spiro atoms. The van der Waals surface area contributed by atoms with E-state index >= 15 is 0 Å². The van der Waals surface area contributed by atoms with E-state index in [9.17, 15) is 5.11 Å². The summed E-state index contributed by atoms with van der Waals surface area (Å²) in [5.74, 6) is 0. The van der Waals surface area contributed by atoms with E-state index in [-0.39, 0.29) is 0 Å². The number of hydrogen-bond acceptors (Lipinski definition) is 1. The molecule has 0 saturated carbocycles. The molecule has 0 saturated heterocycles. The molecule has 88 valence electrons. The Morgan fingerprint density at radius 2 is 1.75 bits per heavy atom. The average Bonchev–Trinajstić information content (AvgIpc) is 2.36. The molecule has 1 N–H and O–H groups in total. The molecule has 0 aliphatic rings. The summed E-state index contributed by atoms with van der Waals surface area (Å²) >= 11 is 0. The summed E-state index contributed by atoms with van der Waals surface area (Å²) in [7, 11) is 0. The van der Waals surface area contributed by atoms with Crippen LogP contribution >= 0.6 is 0 Å². The zero-order valence-electron chi connectivity index (χ0n) is 10.5. The highest BCUT2D eigenvalue weighted by Gasteiger charge is 2.17. The Morgan fingerprint density at radius 3 is 2.31 bits per heavy atom. The standard InChI is InChI=1S/C15H22O/c1-4-13-9-7-8-10-14(13)11-12-15(16,5-2)6-3/h7-12,16H,4-6H2,1-3H3. The van der Waals surface area contributed by atoms with Crippen molar-refractivity contribution in [2.75, 3.05) is 0 Å². The van der Waals surface area contributed by atoms with Gasteiger partial charge in [0.1, 0.15) is 0 Å². The maximum absolute atomic E-state index is 10.2. The average molecular weight is 218 g/mol. The molecule has 1 aromatic rings. The molecule has 1 rings (SSSR count). The van der Waals surface area contributed by atoms with E-state index in [0.717, 1.165) is 19.3 Å². The first-order valence-corrected chi connectivity index (χ1v) is 6.14. The molecular formula is C15H22O. The van der Waals surface area contributed by atoms with Crippen molar-refractivity contribution in [1.29, 1.82) is 0 Å². The van der Waals surface area contributed by atoms with Gasteiger partial charge >= 0.3 is 0 Å². The number of benzene rings is 1. The third-order valence-corrected chi connectivity index (χ3v) is 3.23. The van der Waals surface area contributed by atoms with Gasteiger partial charge in [0.15, 0.2) is 0 Å². The summed E-state index contributed by atoms with van der Waals surface area (Å²) in [6.45, 7) is 6.18. The molecule has 0 aliphatic heterocycles. The summed E-state index contributed by atoms with van der Waals surface area (Å²) in [6, 6.07) is 8.33. The molecule has 0 amide bonds. The van der Waals surface area contributed by atoms with Crippen LogP contribution in [-0.2, 0) is 6.42 Å². The SMILES string of the molecule is CCc1ccccc1C=CC(O)(CC)CC. The fourth-order valence-corrected chi connectivity index (χ4v) is 1.75. The molecule has 0 fully saturated rings. The van der Waals surface area contributed by atoms with Crippen molar-refractivity contribution < 1.29 is 5.11 Å². The van der Waals surface area contributed by atoms with Crippen molar-refractivity contribution in [1.82, 2.24) is 0 Å². The molecule has 0 aromatic heterocycles. The monoisotopic (exact) mass is 218 g/mol. The molecule has 0 bridgehead atoms. The summed E-state index contributed by atoms with van der Waals surface area (Å²) in [4.78, 5) is 0. The van der Waals surface area contributed by atoms with Crippen molar-refractivity contribution >= 4 is 6.08 Å². The maximum atomic E-state index is 10.2. The van der Waals surface area contributed by atoms with Crippen LogP contribution in [0.15, 0.2) is 30.3 Å². The first-order chi connectivity index (χ1) is 7.65. The molecule has 0 atom stereocenters. The van der Waals surface area contributed by atoms with Crippen LogP contribution in [0, 0.1) is 0 Å². The Labute approximate surface area is 98.8 Å². The van der Waals surface area contributed by atoms with Crippen molar-refractivity contribution in [2.45, 2.75) is 45.6 Å². The smallest absolute Gasteiger partial charge is 0.0825 e. The van der Waals surface area contributed by atoms with Gasteiger partial charge in [0, 0.05) is 0 Å². The lowest BCUT2D eigenvalue weighted by atomic mass is 9.95. The molecule has 0 radical (unpaired) electrons. The molecule has 1 aromatic carbocycles. The number of hydrogen-bond donors (Lipinski definition) is 1. The highest BCUT2D eigenvalue weighted by atomic mass is 16.3. The van der Waals surface area contributed by atoms with Crippen LogP contribution in [0.1, 0.15) is 44.7 Å². The van der Waals surface area contributed by atoms with Gasteiger partial charge in [-0.1, -0.05) is 57.2 Å². The topological polar surface area (TPSA) is 20.2 Å². The molecular weight excluding hydrogens is 196 g/mol. The lowest BCUT2D eigenvalue weighted by Gasteiger charge is -2.20. The first-order valence-electron chi connectivity index (χ1n) is 6.14. The maximum Gasteiger partial charge on any atom is 0.0825 e. The van der Waals surface area contributed by atoms with Gasteiger partial charge in [0.25, 0.3) is 0 Å². The number of aliphatic hydroxyl groups is 1. The zero-order valence-corrected chi connectivity index (χ0v) is 10.5. The van der Waals surface area contributed by atoms with Crippen LogP contribution in [0.4, 0.5) is 0 Å². The minimum Gasteiger partial charge on any atom is -0.386 e. The number of aryl methyl sites for hydroxylation is 1. The molecule has 0 heterocycles. The Balaban J connectivity index is 2.91. The van der Waals surface area contributed by atoms with Crippen molar-refractivity contribution in [2.24, 2.45) is 0 Å². The minimum atomic E-state index is -0.652. The van der Waals surface area contributed by atoms with Gasteiger partial charge in [-0.15, -0.1) is 0 Å². The zero-order chi connectivity index (χ0) is 12.0. The van der Waals surface area contributed by atoms with E-state index in [0.29, 0.717) is 0 Å². The normalized spacial score (nSPS) is 12.2. The van der Waals surface area contributed by atoms with E-state index in [1.165, 1.54) is 11.1 Å². The third-order valence-electron chi connectivity index (χ3n) is 3.23. The van der Waals surface area contributed by atoms with Gasteiger partial charge in [-0.25, -0.2) is 0 Å². The lowest BCUT2D eigenvalue weighted by molar-refractivity contribution is 0.0836. The van der Waals surface area contributed by atoms with Crippen LogP contribution in [0.2, 0.25) is 0 Å². The quantitative estimate of drug-likeness (QED) is 0.796. The summed E-state index contributed by atoms with van der Waals surface area (Å²) in [5, 5.41) is 10.2. The summed E-state index contributed by atoms with van der Waals surface area (Å²) in [6.07, 6.45) is 6.52. The van der Waals surface area contributed by atoms with Gasteiger partial charge < -0.3 is 5.11 Å². The fourth-order valence-electron chi connectivity index (χ4n) is 1.75. The van der Waals surface area contributed by atoms with E-state index < -0.39 is 5.60 Å². The van der Waals surface area contributed by atoms with E-state index in [2.05, 4.69) is 25.1 Å². The largest absolute Gasteiger partial charge is 0.386 e. The van der Waals surface area contributed by atoms with Gasteiger partial charge in [-0.05, 0) is 30.4 Å². The Bertz CT molecular complexity index is 348. The lowest BCUT2D eigenvalue weighted by Crippen LogP contribution is -2.22. The predicted octanol–water partition coefficient (Wildman–Crippen LogP) is 3.81. The predicted molar refractivity (Wildman–Crippen MR) is 70.4 cm³/mol. The molecule has 0 aliphatic carbocycles. The molecule has 1 nitrogen and oxygen atoms in total. The van der Waals surface area contributed by atoms with Crippen molar-refractivity contribution in [3.63, 3.8) is 0 Å². The van der Waals surface area contributed by atoms with Gasteiger partial charge in [0.2, 0.25) is 0 Å². The van der Waals surface area contributed by atoms with Crippen molar-refractivity contribution in [3.8, 4) is 0 Å². The highest BCUT2D eigenvalue weighted by molar-refractivity contribution is 5.54. The van der Waals surface area contributed by atoms with Gasteiger partial charge in [0.05, 0.1) is 5.60 Å². The molecule has 16 heavy (non-hydrogen) atoms. The minimum absolute atomic E-state index is 0.652. The number of rotatable bonds is 5. The van der Waals surface area contributed by atoms with E-state index in [1.54, 1.807) is 0 Å². The Kier molecular flexibility index (Phi) is 4.75. The molecule has 0 unspecified atom stereocenters. The highest BCUT2D eigenvalue weighted by Crippen LogP contribution is 2.19. The Hall–Kier alpha value is -1.08. The summed E-state index contributed by atoms with van der Waals surface area (Å²) < 4.78 is 0. The van der Waals surface area contributed by atoms with Crippen LogP contribution in [-0.4, -0.2) is 10.7 Å². The van der Waals surface area contributed by atoms with Crippen molar-refractivity contribution in [3.05, 3.63) is 41.5 Å². The first kappa shape index (κ1) is 13.0. The summed E-state index contributed by atoms with van der Waals surface area (Å²) in [5.41, 5.74) is 1.89. The van der Waals surface area contributed by atoms with E-state index in [4.69, 9.17) is 0 Å². The van der Waals surface area contributed by atoms with Gasteiger partial charge in [-0.3, -0.25) is 0 Å². The fraction of sp³-hybridized carbons (Fsp3) is 0.467. The second-order valence-corrected chi connectivity index (χ2v) is 4.20. The van der Waals surface area contributed by atoms with Crippen LogP contribution in [0.5, 0.6) is 0 Å². The van der Waals surface area contributed by atoms with Crippen LogP contribution in [0.3, 0.4) is 0 Å². The van der Waals surface area contributed by atoms with E-state index in [1.807, 2.05) is 32.1 Å². The van der Waals surface area contributed by atoms with Crippen LogP contribution < -0.4 is 0 Å². The molecule has 1 heteroatoms.